The van der Waals surface area contributed by atoms with Crippen molar-refractivity contribution in [3.8, 4) is 0 Å². The highest BCUT2D eigenvalue weighted by molar-refractivity contribution is 5.76. The van der Waals surface area contributed by atoms with Gasteiger partial charge in [-0.05, 0) is 46.5 Å². The zero-order valence-electron chi connectivity index (χ0n) is 14.8. The van der Waals surface area contributed by atoms with Crippen LogP contribution in [-0.2, 0) is 9.53 Å². The molecule has 1 unspecified atom stereocenters. The monoisotopic (exact) mass is 325 g/mol. The van der Waals surface area contributed by atoms with E-state index in [-0.39, 0.29) is 18.0 Å². The first kappa shape index (κ1) is 18.0. The molecule has 0 aromatic heterocycles. The summed E-state index contributed by atoms with van der Waals surface area (Å²) in [6.45, 7) is 9.51. The molecule has 0 aliphatic carbocycles. The van der Waals surface area contributed by atoms with Crippen LogP contribution in [0.2, 0.25) is 0 Å². The number of nitrogens with one attached hydrogen (secondary N) is 1. The van der Waals surface area contributed by atoms with Crippen molar-refractivity contribution in [1.29, 1.82) is 0 Å². The van der Waals surface area contributed by atoms with Crippen molar-refractivity contribution in [3.63, 3.8) is 0 Å². The van der Waals surface area contributed by atoms with E-state index in [1.165, 1.54) is 6.42 Å². The van der Waals surface area contributed by atoms with Crippen LogP contribution in [0, 0.1) is 0 Å². The summed E-state index contributed by atoms with van der Waals surface area (Å²) in [6.07, 6.45) is 4.72. The lowest BCUT2D eigenvalue weighted by atomic mass is 10.1. The summed E-state index contributed by atoms with van der Waals surface area (Å²) in [5.74, 6) is 0.249. The Morgan fingerprint density at radius 3 is 2.43 bits per heavy atom. The second-order valence-electron chi connectivity index (χ2n) is 7.56. The minimum absolute atomic E-state index is 0.244. The van der Waals surface area contributed by atoms with Crippen LogP contribution in [0.4, 0.5) is 4.79 Å². The van der Waals surface area contributed by atoms with Crippen LogP contribution in [0.1, 0.15) is 52.9 Å². The van der Waals surface area contributed by atoms with E-state index in [0.29, 0.717) is 26.1 Å². The molecule has 2 aliphatic heterocycles. The Morgan fingerprint density at radius 1 is 1.09 bits per heavy atom. The maximum absolute atomic E-state index is 12.1. The molecule has 2 saturated heterocycles. The fraction of sp³-hybridized carbons (Fsp3) is 0.882. The molecule has 0 radical (unpaired) electrons. The van der Waals surface area contributed by atoms with E-state index in [0.717, 1.165) is 32.4 Å². The molecule has 0 bridgehead atoms. The van der Waals surface area contributed by atoms with Crippen LogP contribution >= 0.6 is 0 Å². The van der Waals surface area contributed by atoms with Gasteiger partial charge < -0.3 is 19.9 Å². The third-order valence-electron chi connectivity index (χ3n) is 4.32. The largest absolute Gasteiger partial charge is 0.444 e. The van der Waals surface area contributed by atoms with Gasteiger partial charge in [0.15, 0.2) is 0 Å². The minimum atomic E-state index is -0.455. The third kappa shape index (κ3) is 6.01. The summed E-state index contributed by atoms with van der Waals surface area (Å²) in [5.41, 5.74) is -0.455. The van der Waals surface area contributed by atoms with Crippen molar-refractivity contribution in [2.75, 3.05) is 32.7 Å². The Labute approximate surface area is 139 Å². The predicted octanol–water partition coefficient (Wildman–Crippen LogP) is 1.99. The van der Waals surface area contributed by atoms with Crippen LogP contribution in [0.15, 0.2) is 0 Å². The highest BCUT2D eigenvalue weighted by atomic mass is 16.6. The highest BCUT2D eigenvalue weighted by Gasteiger charge is 2.29. The van der Waals surface area contributed by atoms with E-state index in [4.69, 9.17) is 4.74 Å². The molecule has 0 spiro atoms. The number of piperidine rings is 1. The van der Waals surface area contributed by atoms with E-state index >= 15 is 0 Å². The highest BCUT2D eigenvalue weighted by Crippen LogP contribution is 2.15. The quantitative estimate of drug-likeness (QED) is 0.859. The van der Waals surface area contributed by atoms with Gasteiger partial charge >= 0.3 is 6.09 Å². The third-order valence-corrected chi connectivity index (χ3v) is 4.32. The van der Waals surface area contributed by atoms with Crippen molar-refractivity contribution in [1.82, 2.24) is 15.1 Å². The second kappa shape index (κ2) is 7.99. The Balaban J connectivity index is 1.64. The SMILES string of the molecule is CC(C)(C)OC(=O)N1CCC(NCCC(=O)N2CCCCC2)C1. The predicted molar refractivity (Wildman–Crippen MR) is 89.3 cm³/mol. The summed E-state index contributed by atoms with van der Waals surface area (Å²) in [7, 11) is 0. The molecule has 0 saturated carbocycles. The Morgan fingerprint density at radius 2 is 1.78 bits per heavy atom. The van der Waals surface area contributed by atoms with E-state index in [2.05, 4.69) is 5.32 Å². The number of likely N-dealkylation sites (tertiary alicyclic amines) is 2. The van der Waals surface area contributed by atoms with E-state index in [1.54, 1.807) is 4.90 Å². The molecular weight excluding hydrogens is 294 g/mol. The fourth-order valence-electron chi connectivity index (χ4n) is 3.10. The normalized spacial score (nSPS) is 22.3. The molecule has 132 valence electrons. The topological polar surface area (TPSA) is 61.9 Å². The van der Waals surface area contributed by atoms with Crippen molar-refractivity contribution in [3.05, 3.63) is 0 Å². The number of hydrogen-bond donors (Lipinski definition) is 1. The molecule has 2 fully saturated rings. The Hall–Kier alpha value is -1.30. The van der Waals surface area contributed by atoms with Crippen molar-refractivity contribution >= 4 is 12.0 Å². The maximum Gasteiger partial charge on any atom is 0.410 e. The number of rotatable bonds is 4. The first-order chi connectivity index (χ1) is 10.8. The van der Waals surface area contributed by atoms with Crippen molar-refractivity contribution in [2.45, 2.75) is 64.5 Å². The van der Waals surface area contributed by atoms with Crippen LogP contribution in [0.3, 0.4) is 0 Å². The van der Waals surface area contributed by atoms with Gasteiger partial charge in [-0.2, -0.15) is 0 Å². The first-order valence-corrected chi connectivity index (χ1v) is 8.84. The molecule has 1 N–H and O–H groups in total. The molecular formula is C17H31N3O3. The molecule has 2 aliphatic rings. The number of amides is 2. The van der Waals surface area contributed by atoms with Gasteiger partial charge in [-0.25, -0.2) is 4.79 Å². The van der Waals surface area contributed by atoms with Crippen LogP contribution in [0.5, 0.6) is 0 Å². The Kier molecular flexibility index (Phi) is 6.27. The molecule has 0 aromatic rings. The Bertz CT molecular complexity index is 414. The summed E-state index contributed by atoms with van der Waals surface area (Å²) in [6, 6.07) is 0.261. The number of ether oxygens (including phenoxy) is 1. The minimum Gasteiger partial charge on any atom is -0.444 e. The molecule has 2 amide bonds. The summed E-state index contributed by atoms with van der Waals surface area (Å²) in [5, 5.41) is 3.40. The fourth-order valence-corrected chi connectivity index (χ4v) is 3.10. The summed E-state index contributed by atoms with van der Waals surface area (Å²) >= 11 is 0. The van der Waals surface area contributed by atoms with Crippen LogP contribution in [0.25, 0.3) is 0 Å². The van der Waals surface area contributed by atoms with Gasteiger partial charge in [-0.15, -0.1) is 0 Å². The lowest BCUT2D eigenvalue weighted by Crippen LogP contribution is -2.40. The number of nitrogens with zero attached hydrogens (tertiary/aromatic N) is 2. The molecule has 6 heteroatoms. The average Bonchev–Trinajstić information content (AvgIpc) is 2.95. The van der Waals surface area contributed by atoms with E-state index < -0.39 is 5.60 Å². The standard InChI is InChI=1S/C17H31N3O3/c1-17(2,3)23-16(22)20-12-8-14(13-20)18-9-7-15(21)19-10-5-4-6-11-19/h14,18H,4-13H2,1-3H3. The zero-order chi connectivity index (χ0) is 16.9. The summed E-state index contributed by atoms with van der Waals surface area (Å²) in [4.78, 5) is 27.8. The molecule has 6 nitrogen and oxygen atoms in total. The lowest BCUT2D eigenvalue weighted by Gasteiger charge is -2.27. The number of hydrogen-bond acceptors (Lipinski definition) is 4. The van der Waals surface area contributed by atoms with Gasteiger partial charge in [0.2, 0.25) is 5.91 Å². The smallest absolute Gasteiger partial charge is 0.410 e. The lowest BCUT2D eigenvalue weighted by molar-refractivity contribution is -0.132. The second-order valence-corrected chi connectivity index (χ2v) is 7.56. The van der Waals surface area contributed by atoms with Gasteiger partial charge in [0.05, 0.1) is 0 Å². The van der Waals surface area contributed by atoms with Gasteiger partial charge in [0, 0.05) is 45.2 Å². The molecule has 2 rings (SSSR count). The summed E-state index contributed by atoms with van der Waals surface area (Å²) < 4.78 is 5.39. The molecule has 0 aromatic carbocycles. The molecule has 1 atom stereocenters. The van der Waals surface area contributed by atoms with Gasteiger partial charge in [0.1, 0.15) is 5.60 Å². The average molecular weight is 325 g/mol. The van der Waals surface area contributed by atoms with E-state index in [9.17, 15) is 9.59 Å². The number of carbonyl (C=O) groups is 2. The van der Waals surface area contributed by atoms with Gasteiger partial charge in [0.25, 0.3) is 0 Å². The maximum atomic E-state index is 12.1. The van der Waals surface area contributed by atoms with Crippen LogP contribution in [-0.4, -0.2) is 66.2 Å². The van der Waals surface area contributed by atoms with Crippen molar-refractivity contribution in [2.24, 2.45) is 0 Å². The first-order valence-electron chi connectivity index (χ1n) is 8.84. The van der Waals surface area contributed by atoms with Crippen molar-refractivity contribution < 1.29 is 14.3 Å². The van der Waals surface area contributed by atoms with Crippen LogP contribution < -0.4 is 5.32 Å². The molecule has 2 heterocycles. The molecule has 23 heavy (non-hydrogen) atoms. The van der Waals surface area contributed by atoms with Gasteiger partial charge in [-0.3, -0.25) is 4.79 Å². The number of carbonyl (C=O) groups excluding carboxylic acids is 2. The zero-order valence-corrected chi connectivity index (χ0v) is 14.8. The van der Waals surface area contributed by atoms with E-state index in [1.807, 2.05) is 25.7 Å². The van der Waals surface area contributed by atoms with Gasteiger partial charge in [-0.1, -0.05) is 0 Å².